The van der Waals surface area contributed by atoms with Gasteiger partial charge in [0, 0.05) is 52.3 Å². The first-order chi connectivity index (χ1) is 20.8. The minimum absolute atomic E-state index is 0.167. The van der Waals surface area contributed by atoms with Gasteiger partial charge in [0.05, 0.1) is 18.6 Å². The molecule has 2 aliphatic rings. The van der Waals surface area contributed by atoms with Crippen LogP contribution < -0.4 is 16.4 Å². The van der Waals surface area contributed by atoms with Crippen LogP contribution in [0.3, 0.4) is 0 Å². The van der Waals surface area contributed by atoms with Crippen LogP contribution in [0.15, 0.2) is 108 Å². The molecule has 0 spiro atoms. The van der Waals surface area contributed by atoms with E-state index in [0.717, 1.165) is 39.6 Å². The minimum atomic E-state index is -0.483. The van der Waals surface area contributed by atoms with E-state index >= 15 is 0 Å². The van der Waals surface area contributed by atoms with E-state index in [1.54, 1.807) is 30.7 Å². The Labute approximate surface area is 249 Å². The number of fused-ring (bicyclic) bond motifs is 1. The zero-order chi connectivity index (χ0) is 29.9. The van der Waals surface area contributed by atoms with E-state index in [2.05, 4.69) is 27.5 Å². The predicted octanol–water partition coefficient (Wildman–Crippen LogP) is 4.80. The Morgan fingerprint density at radius 2 is 1.91 bits per heavy atom. The number of primary amides is 1. The molecule has 0 radical (unpaired) electrons. The highest BCUT2D eigenvalue weighted by atomic mass is 16.2. The van der Waals surface area contributed by atoms with Gasteiger partial charge < -0.3 is 25.8 Å². The Kier molecular flexibility index (Phi) is 7.33. The normalized spacial score (nSPS) is 15.1. The molecule has 6 rings (SSSR count). The summed E-state index contributed by atoms with van der Waals surface area (Å²) < 4.78 is 1.90. The topological polar surface area (TPSA) is 118 Å². The average molecular weight is 568 g/mol. The number of aliphatic imine (C=N–C) groups is 1. The van der Waals surface area contributed by atoms with E-state index in [1.165, 1.54) is 0 Å². The van der Waals surface area contributed by atoms with Gasteiger partial charge >= 0.3 is 0 Å². The number of nitrogens with one attached hydrogen (secondary N) is 2. The molecule has 212 valence electrons. The Balaban J connectivity index is 1.16. The SMILES string of the molecule is Cc1cc(NC(=O)c2ccc(C)c(C#CC3CN=C4C(Nc5cccc(C(N)=O)c5)=CC=CN43)c2)cc(-n2ccnc2)c1. The molecule has 4 N–H and O–H groups in total. The third kappa shape index (κ3) is 5.94. The van der Waals surface area contributed by atoms with Crippen molar-refractivity contribution < 1.29 is 9.59 Å². The number of allylic oxidation sites excluding steroid dienone is 2. The third-order valence-corrected chi connectivity index (χ3v) is 7.17. The van der Waals surface area contributed by atoms with Gasteiger partial charge in [0.1, 0.15) is 6.04 Å². The van der Waals surface area contributed by atoms with Gasteiger partial charge in [-0.05, 0) is 85.7 Å². The van der Waals surface area contributed by atoms with Gasteiger partial charge in [-0.25, -0.2) is 4.98 Å². The molecule has 1 atom stereocenters. The van der Waals surface area contributed by atoms with Gasteiger partial charge in [-0.2, -0.15) is 0 Å². The number of hydrogen-bond acceptors (Lipinski definition) is 6. The second-order valence-electron chi connectivity index (χ2n) is 10.4. The highest BCUT2D eigenvalue weighted by Crippen LogP contribution is 2.23. The summed E-state index contributed by atoms with van der Waals surface area (Å²) >= 11 is 0. The number of aryl methyl sites for hydroxylation is 2. The number of carbonyl (C=O) groups excluding carboxylic acids is 2. The number of nitrogens with zero attached hydrogens (tertiary/aromatic N) is 4. The molecule has 9 heteroatoms. The summed E-state index contributed by atoms with van der Waals surface area (Å²) in [5.41, 5.74) is 12.3. The third-order valence-electron chi connectivity index (χ3n) is 7.17. The zero-order valence-electron chi connectivity index (χ0n) is 23.7. The molecule has 0 fully saturated rings. The van der Waals surface area contributed by atoms with Crippen LogP contribution in [0.1, 0.15) is 37.4 Å². The quantitative estimate of drug-likeness (QED) is 0.290. The second-order valence-corrected chi connectivity index (χ2v) is 10.4. The first kappa shape index (κ1) is 27.3. The Bertz CT molecular complexity index is 1890. The van der Waals surface area contributed by atoms with Crippen LogP contribution in [0.5, 0.6) is 0 Å². The number of carbonyl (C=O) groups is 2. The summed E-state index contributed by atoms with van der Waals surface area (Å²) in [5, 5.41) is 6.36. The minimum Gasteiger partial charge on any atom is -0.366 e. The van der Waals surface area contributed by atoms with E-state index in [9.17, 15) is 9.59 Å². The maximum absolute atomic E-state index is 13.2. The van der Waals surface area contributed by atoms with Crippen LogP contribution in [0.4, 0.5) is 11.4 Å². The van der Waals surface area contributed by atoms with Crippen LogP contribution >= 0.6 is 0 Å². The smallest absolute Gasteiger partial charge is 0.255 e. The van der Waals surface area contributed by atoms with Gasteiger partial charge in [0.25, 0.3) is 5.91 Å². The van der Waals surface area contributed by atoms with Crippen LogP contribution in [0.25, 0.3) is 5.69 Å². The van der Waals surface area contributed by atoms with Crippen LogP contribution in [0.2, 0.25) is 0 Å². The van der Waals surface area contributed by atoms with Crippen molar-refractivity contribution in [3.8, 4) is 17.5 Å². The number of benzene rings is 3. The number of amides is 2. The van der Waals surface area contributed by atoms with Crippen molar-refractivity contribution in [1.82, 2.24) is 14.5 Å². The molecule has 9 nitrogen and oxygen atoms in total. The molecule has 3 heterocycles. The van der Waals surface area contributed by atoms with Crippen molar-refractivity contribution in [2.75, 3.05) is 17.2 Å². The lowest BCUT2D eigenvalue weighted by Gasteiger charge is -2.25. The van der Waals surface area contributed by atoms with Gasteiger partial charge in [-0.1, -0.05) is 24.0 Å². The summed E-state index contributed by atoms with van der Waals surface area (Å²) in [6.07, 6.45) is 11.1. The molecule has 0 bridgehead atoms. The molecule has 3 aromatic carbocycles. The Morgan fingerprint density at radius 1 is 1.02 bits per heavy atom. The van der Waals surface area contributed by atoms with Gasteiger partial charge in [0.15, 0.2) is 5.84 Å². The van der Waals surface area contributed by atoms with Gasteiger partial charge in [-0.3, -0.25) is 14.6 Å². The monoisotopic (exact) mass is 567 g/mol. The molecular formula is C34H29N7O2. The van der Waals surface area contributed by atoms with Crippen molar-refractivity contribution in [3.05, 3.63) is 131 Å². The molecule has 4 aromatic rings. The standard InChI is InChI=1S/C34H29N7O2/c1-22-15-28(19-30(16-22)40-14-12-36-21-40)39-34(43)26-9-8-23(2)24(17-26)10-11-29-20-37-33-31(7-4-13-41(29)33)38-27-6-3-5-25(18-27)32(35)42/h3-9,12-19,21,29,38H,20H2,1-2H3,(H2,35,42)(H,39,43). The van der Waals surface area contributed by atoms with Gasteiger partial charge in [0.2, 0.25) is 5.91 Å². The van der Waals surface area contributed by atoms with Crippen molar-refractivity contribution >= 4 is 29.0 Å². The van der Waals surface area contributed by atoms with Gasteiger partial charge in [-0.15, -0.1) is 0 Å². The zero-order valence-corrected chi connectivity index (χ0v) is 23.7. The Morgan fingerprint density at radius 3 is 2.72 bits per heavy atom. The largest absolute Gasteiger partial charge is 0.366 e. The summed E-state index contributed by atoms with van der Waals surface area (Å²) in [5.74, 6) is 6.71. The molecular weight excluding hydrogens is 538 g/mol. The average Bonchev–Trinajstić information content (AvgIpc) is 3.68. The number of amidine groups is 1. The lowest BCUT2D eigenvalue weighted by Crippen LogP contribution is -2.34. The number of anilines is 2. The highest BCUT2D eigenvalue weighted by molar-refractivity contribution is 6.05. The second kappa shape index (κ2) is 11.5. The highest BCUT2D eigenvalue weighted by Gasteiger charge is 2.29. The molecule has 43 heavy (non-hydrogen) atoms. The number of aromatic nitrogens is 2. The summed E-state index contributed by atoms with van der Waals surface area (Å²) in [6, 6.07) is 18.3. The molecule has 0 saturated carbocycles. The molecule has 2 amide bonds. The first-order valence-electron chi connectivity index (χ1n) is 13.8. The maximum Gasteiger partial charge on any atom is 0.255 e. The van der Waals surface area contributed by atoms with Crippen LogP contribution in [0, 0.1) is 25.7 Å². The fraction of sp³-hybridized carbons (Fsp3) is 0.118. The van der Waals surface area contributed by atoms with Crippen LogP contribution in [-0.4, -0.2) is 44.7 Å². The maximum atomic E-state index is 13.2. The van der Waals surface area contributed by atoms with Crippen LogP contribution in [-0.2, 0) is 0 Å². The lowest BCUT2D eigenvalue weighted by molar-refractivity contribution is 0.0997. The number of nitrogens with two attached hydrogens (primary N) is 1. The molecule has 1 unspecified atom stereocenters. The molecule has 0 aliphatic carbocycles. The number of hydrogen-bond donors (Lipinski definition) is 3. The van der Waals surface area contributed by atoms with Crippen molar-refractivity contribution in [2.24, 2.45) is 10.7 Å². The summed E-state index contributed by atoms with van der Waals surface area (Å²) in [7, 11) is 0. The van der Waals surface area contributed by atoms with Crippen molar-refractivity contribution in [3.63, 3.8) is 0 Å². The summed E-state index contributed by atoms with van der Waals surface area (Å²) in [6.45, 7) is 4.46. The molecule has 1 aromatic heterocycles. The Hall–Kier alpha value is -5.88. The fourth-order valence-electron chi connectivity index (χ4n) is 4.97. The lowest BCUT2D eigenvalue weighted by atomic mass is 10.0. The molecule has 0 saturated heterocycles. The predicted molar refractivity (Wildman–Crippen MR) is 168 cm³/mol. The van der Waals surface area contributed by atoms with E-state index in [1.807, 2.05) is 90.3 Å². The van der Waals surface area contributed by atoms with Crippen molar-refractivity contribution in [2.45, 2.75) is 19.9 Å². The van der Waals surface area contributed by atoms with Crippen molar-refractivity contribution in [1.29, 1.82) is 0 Å². The molecule has 2 aliphatic heterocycles. The first-order valence-corrected chi connectivity index (χ1v) is 13.8. The van der Waals surface area contributed by atoms with E-state index < -0.39 is 5.91 Å². The van der Waals surface area contributed by atoms with E-state index in [4.69, 9.17) is 10.7 Å². The fourth-order valence-corrected chi connectivity index (χ4v) is 4.97. The number of rotatable bonds is 6. The number of imidazole rings is 1. The summed E-state index contributed by atoms with van der Waals surface area (Å²) in [4.78, 5) is 35.7. The van der Waals surface area contributed by atoms with E-state index in [-0.39, 0.29) is 11.9 Å². The van der Waals surface area contributed by atoms with E-state index in [0.29, 0.717) is 23.4 Å².